The number of ether oxygens (including phenoxy) is 2. The molecule has 0 amide bonds. The largest absolute Gasteiger partial charge is 0.388 e. The SMILES string of the molecule is C=C[C@H]1O[C@@H](c2ccccc2)OC[C@H]1O. The third-order valence-electron chi connectivity index (χ3n) is 2.38. The molecule has 1 heterocycles. The number of hydrogen-bond acceptors (Lipinski definition) is 3. The molecule has 1 fully saturated rings. The summed E-state index contributed by atoms with van der Waals surface area (Å²) < 4.78 is 10.9. The van der Waals surface area contributed by atoms with E-state index in [1.807, 2.05) is 30.3 Å². The summed E-state index contributed by atoms with van der Waals surface area (Å²) in [5.74, 6) is 0. The van der Waals surface area contributed by atoms with Crippen molar-refractivity contribution in [1.82, 2.24) is 0 Å². The predicted octanol–water partition coefficient (Wildman–Crippen LogP) is 1.65. The van der Waals surface area contributed by atoms with Gasteiger partial charge in [0.05, 0.1) is 6.61 Å². The van der Waals surface area contributed by atoms with Gasteiger partial charge in [0.2, 0.25) is 0 Å². The van der Waals surface area contributed by atoms with E-state index < -0.39 is 12.4 Å². The van der Waals surface area contributed by atoms with Crippen LogP contribution in [0.2, 0.25) is 0 Å². The fraction of sp³-hybridized carbons (Fsp3) is 0.333. The van der Waals surface area contributed by atoms with Crippen LogP contribution in [-0.4, -0.2) is 23.9 Å². The topological polar surface area (TPSA) is 38.7 Å². The second kappa shape index (κ2) is 4.57. The highest BCUT2D eigenvalue weighted by molar-refractivity contribution is 5.16. The van der Waals surface area contributed by atoms with Crippen molar-refractivity contribution in [3.63, 3.8) is 0 Å². The minimum atomic E-state index is -0.623. The molecule has 1 aromatic carbocycles. The van der Waals surface area contributed by atoms with E-state index in [1.54, 1.807) is 6.08 Å². The maximum absolute atomic E-state index is 9.51. The molecule has 0 spiro atoms. The molecule has 3 atom stereocenters. The third kappa shape index (κ3) is 2.26. The Balaban J connectivity index is 2.09. The van der Waals surface area contributed by atoms with Gasteiger partial charge in [0.25, 0.3) is 0 Å². The van der Waals surface area contributed by atoms with Gasteiger partial charge in [-0.2, -0.15) is 0 Å². The lowest BCUT2D eigenvalue weighted by Crippen LogP contribution is -2.38. The molecule has 0 aromatic heterocycles. The fourth-order valence-corrected chi connectivity index (χ4v) is 1.55. The van der Waals surface area contributed by atoms with Crippen LogP contribution < -0.4 is 0 Å². The summed E-state index contributed by atoms with van der Waals surface area (Å²) in [4.78, 5) is 0. The number of aliphatic hydroxyl groups excluding tert-OH is 1. The highest BCUT2D eigenvalue weighted by atomic mass is 16.7. The summed E-state index contributed by atoms with van der Waals surface area (Å²) in [5.41, 5.74) is 0.955. The molecule has 0 aliphatic carbocycles. The van der Waals surface area contributed by atoms with E-state index >= 15 is 0 Å². The lowest BCUT2D eigenvalue weighted by Gasteiger charge is -2.32. The first-order valence-corrected chi connectivity index (χ1v) is 4.94. The first-order valence-electron chi connectivity index (χ1n) is 4.94. The first kappa shape index (κ1) is 10.4. The minimum Gasteiger partial charge on any atom is -0.388 e. The highest BCUT2D eigenvalue weighted by Gasteiger charge is 2.29. The summed E-state index contributed by atoms with van der Waals surface area (Å²) in [6.45, 7) is 3.90. The van der Waals surface area contributed by atoms with E-state index in [-0.39, 0.29) is 12.7 Å². The molecule has 0 saturated carbocycles. The molecule has 1 N–H and O–H groups in total. The molecule has 0 radical (unpaired) electrons. The smallest absolute Gasteiger partial charge is 0.184 e. The predicted molar refractivity (Wildman–Crippen MR) is 56.2 cm³/mol. The molecule has 2 rings (SSSR count). The Morgan fingerprint density at radius 3 is 2.73 bits per heavy atom. The monoisotopic (exact) mass is 206 g/mol. The fourth-order valence-electron chi connectivity index (χ4n) is 1.55. The van der Waals surface area contributed by atoms with E-state index in [0.29, 0.717) is 0 Å². The van der Waals surface area contributed by atoms with Crippen LogP contribution in [-0.2, 0) is 9.47 Å². The Morgan fingerprint density at radius 1 is 1.33 bits per heavy atom. The zero-order valence-electron chi connectivity index (χ0n) is 8.37. The van der Waals surface area contributed by atoms with Crippen LogP contribution in [0.5, 0.6) is 0 Å². The van der Waals surface area contributed by atoms with Crippen LogP contribution in [0.4, 0.5) is 0 Å². The second-order valence-corrected chi connectivity index (χ2v) is 3.48. The van der Waals surface area contributed by atoms with Gasteiger partial charge in [-0.3, -0.25) is 0 Å². The van der Waals surface area contributed by atoms with E-state index in [9.17, 15) is 5.11 Å². The normalized spacial score (nSPS) is 31.1. The summed E-state index contributed by atoms with van der Waals surface area (Å²) in [6.07, 6.45) is 0.215. The van der Waals surface area contributed by atoms with Gasteiger partial charge in [-0.15, -0.1) is 6.58 Å². The Labute approximate surface area is 88.9 Å². The van der Waals surface area contributed by atoms with Gasteiger partial charge in [-0.25, -0.2) is 0 Å². The van der Waals surface area contributed by atoms with Gasteiger partial charge in [0.1, 0.15) is 12.2 Å². The quantitative estimate of drug-likeness (QED) is 0.748. The maximum atomic E-state index is 9.51. The number of aliphatic hydroxyl groups is 1. The maximum Gasteiger partial charge on any atom is 0.184 e. The summed E-state index contributed by atoms with van der Waals surface area (Å²) in [5, 5.41) is 9.51. The molecule has 0 unspecified atom stereocenters. The van der Waals surface area contributed by atoms with Crippen molar-refractivity contribution in [2.45, 2.75) is 18.5 Å². The highest BCUT2D eigenvalue weighted by Crippen LogP contribution is 2.26. The van der Waals surface area contributed by atoms with E-state index in [0.717, 1.165) is 5.56 Å². The lowest BCUT2D eigenvalue weighted by molar-refractivity contribution is -0.243. The first-order chi connectivity index (χ1) is 7.31. The van der Waals surface area contributed by atoms with Crippen LogP contribution in [0.15, 0.2) is 43.0 Å². The van der Waals surface area contributed by atoms with Crippen LogP contribution in [0.1, 0.15) is 11.9 Å². The summed E-state index contributed by atoms with van der Waals surface area (Å²) in [6, 6.07) is 9.66. The number of rotatable bonds is 2. The van der Waals surface area contributed by atoms with Crippen molar-refractivity contribution in [1.29, 1.82) is 0 Å². The molecule has 1 saturated heterocycles. The van der Waals surface area contributed by atoms with Crippen LogP contribution >= 0.6 is 0 Å². The van der Waals surface area contributed by atoms with Crippen molar-refractivity contribution in [2.24, 2.45) is 0 Å². The lowest BCUT2D eigenvalue weighted by atomic mass is 10.1. The van der Waals surface area contributed by atoms with Gasteiger partial charge in [0.15, 0.2) is 6.29 Å². The molecular formula is C12H14O3. The summed E-state index contributed by atoms with van der Waals surface area (Å²) >= 11 is 0. The van der Waals surface area contributed by atoms with Crippen molar-refractivity contribution in [3.05, 3.63) is 48.6 Å². The molecular weight excluding hydrogens is 192 g/mol. The molecule has 15 heavy (non-hydrogen) atoms. The molecule has 3 nitrogen and oxygen atoms in total. The van der Waals surface area contributed by atoms with Gasteiger partial charge in [-0.05, 0) is 0 Å². The minimum absolute atomic E-state index is 0.274. The average molecular weight is 206 g/mol. The Bertz CT molecular complexity index is 323. The van der Waals surface area contributed by atoms with E-state index in [1.165, 1.54) is 0 Å². The zero-order chi connectivity index (χ0) is 10.7. The number of benzene rings is 1. The Kier molecular flexibility index (Phi) is 3.16. The van der Waals surface area contributed by atoms with Gasteiger partial charge in [-0.1, -0.05) is 36.4 Å². The third-order valence-corrected chi connectivity index (χ3v) is 2.38. The summed E-state index contributed by atoms with van der Waals surface area (Å²) in [7, 11) is 0. The van der Waals surface area contributed by atoms with Crippen molar-refractivity contribution < 1.29 is 14.6 Å². The van der Waals surface area contributed by atoms with Crippen molar-refractivity contribution >= 4 is 0 Å². The Morgan fingerprint density at radius 2 is 2.07 bits per heavy atom. The second-order valence-electron chi connectivity index (χ2n) is 3.48. The van der Waals surface area contributed by atoms with Gasteiger partial charge in [0, 0.05) is 5.56 Å². The van der Waals surface area contributed by atoms with E-state index in [4.69, 9.17) is 9.47 Å². The van der Waals surface area contributed by atoms with Crippen LogP contribution in [0.25, 0.3) is 0 Å². The van der Waals surface area contributed by atoms with Gasteiger partial charge >= 0.3 is 0 Å². The van der Waals surface area contributed by atoms with Gasteiger partial charge < -0.3 is 14.6 Å². The van der Waals surface area contributed by atoms with Crippen molar-refractivity contribution in [2.75, 3.05) is 6.61 Å². The molecule has 1 aliphatic rings. The van der Waals surface area contributed by atoms with Crippen molar-refractivity contribution in [3.8, 4) is 0 Å². The molecule has 3 heteroatoms. The van der Waals surface area contributed by atoms with Crippen LogP contribution in [0.3, 0.4) is 0 Å². The standard InChI is InChI=1S/C12H14O3/c1-2-11-10(13)8-14-12(15-11)9-6-4-3-5-7-9/h2-7,10-13H,1,8H2/t10-,11-,12+/m1/s1. The Hall–Kier alpha value is -1.16. The van der Waals surface area contributed by atoms with E-state index in [2.05, 4.69) is 6.58 Å². The molecule has 1 aliphatic heterocycles. The van der Waals surface area contributed by atoms with Crippen LogP contribution in [0, 0.1) is 0 Å². The number of hydrogen-bond donors (Lipinski definition) is 1. The molecule has 0 bridgehead atoms. The molecule has 80 valence electrons. The average Bonchev–Trinajstić information content (AvgIpc) is 2.31. The molecule has 1 aromatic rings. The zero-order valence-corrected chi connectivity index (χ0v) is 8.37.